The number of allylic oxidation sites excluding steroid dienone is 3. The zero-order valence-corrected chi connectivity index (χ0v) is 13.0. The summed E-state index contributed by atoms with van der Waals surface area (Å²) in [6.45, 7) is 1.90. The maximum atomic E-state index is 11.6. The molecule has 3 rings (SSSR count). The van der Waals surface area contributed by atoms with Crippen LogP contribution in [-0.2, 0) is 9.59 Å². The van der Waals surface area contributed by atoms with E-state index < -0.39 is 11.4 Å². The van der Waals surface area contributed by atoms with Crippen LogP contribution < -0.4 is 0 Å². The van der Waals surface area contributed by atoms with Crippen LogP contribution in [0.25, 0.3) is 0 Å². The third kappa shape index (κ3) is 2.54. The Balaban J connectivity index is 1.96. The molecule has 0 aromatic carbocycles. The predicted molar refractivity (Wildman–Crippen MR) is 82.2 cm³/mol. The highest BCUT2D eigenvalue weighted by atomic mass is 16.4. The molecule has 0 radical (unpaired) electrons. The molecule has 5 atom stereocenters. The number of aliphatic hydroxyl groups is 1. The van der Waals surface area contributed by atoms with E-state index in [2.05, 4.69) is 6.08 Å². The van der Waals surface area contributed by atoms with E-state index in [4.69, 9.17) is 0 Å². The van der Waals surface area contributed by atoms with Crippen LogP contribution in [0.2, 0.25) is 0 Å². The molecule has 3 aliphatic carbocycles. The van der Waals surface area contributed by atoms with Gasteiger partial charge in [0.05, 0.1) is 12.5 Å². The maximum absolute atomic E-state index is 11.6. The first kappa shape index (κ1) is 15.5. The molecule has 0 spiro atoms. The molecule has 2 N–H and O–H groups in total. The Morgan fingerprint density at radius 1 is 1.32 bits per heavy atom. The third-order valence-electron chi connectivity index (χ3n) is 6.00. The monoisotopic (exact) mass is 304 g/mol. The first-order chi connectivity index (χ1) is 10.4. The number of carbonyl (C=O) groups is 2. The molecule has 0 aliphatic heterocycles. The van der Waals surface area contributed by atoms with Crippen LogP contribution in [0.4, 0.5) is 0 Å². The summed E-state index contributed by atoms with van der Waals surface area (Å²) in [5.41, 5.74) is 1.88. The molecule has 0 aromatic heterocycles. The lowest BCUT2D eigenvalue weighted by Crippen LogP contribution is -2.43. The average Bonchev–Trinajstić information content (AvgIpc) is 2.49. The molecule has 3 aliphatic rings. The van der Waals surface area contributed by atoms with Crippen molar-refractivity contribution in [1.82, 2.24) is 0 Å². The predicted octanol–water partition coefficient (Wildman–Crippen LogP) is 2.72. The number of carbonyl (C=O) groups excluding carboxylic acids is 1. The minimum atomic E-state index is -0.839. The van der Waals surface area contributed by atoms with E-state index in [9.17, 15) is 19.8 Å². The van der Waals surface area contributed by atoms with Crippen LogP contribution in [0.3, 0.4) is 0 Å². The quantitative estimate of drug-likeness (QED) is 0.786. The lowest BCUT2D eigenvalue weighted by Gasteiger charge is -2.48. The second-order valence-corrected chi connectivity index (χ2v) is 7.37. The van der Waals surface area contributed by atoms with Crippen molar-refractivity contribution in [2.45, 2.75) is 51.6 Å². The summed E-state index contributed by atoms with van der Waals surface area (Å²) in [5, 5.41) is 19.1. The summed E-state index contributed by atoms with van der Waals surface area (Å²) >= 11 is 0. The van der Waals surface area contributed by atoms with Gasteiger partial charge in [0, 0.05) is 11.3 Å². The van der Waals surface area contributed by atoms with Gasteiger partial charge in [-0.2, -0.15) is 0 Å². The lowest BCUT2D eigenvalue weighted by atomic mass is 9.55. The van der Waals surface area contributed by atoms with E-state index in [1.54, 1.807) is 0 Å². The summed E-state index contributed by atoms with van der Waals surface area (Å²) in [6, 6.07) is 0. The van der Waals surface area contributed by atoms with E-state index in [0.717, 1.165) is 44.0 Å². The Kier molecular flexibility index (Phi) is 3.98. The minimum absolute atomic E-state index is 0.0239. The highest BCUT2D eigenvalue weighted by molar-refractivity contribution is 5.70. The van der Waals surface area contributed by atoms with Crippen LogP contribution in [0, 0.1) is 23.2 Å². The molecule has 2 saturated carbocycles. The topological polar surface area (TPSA) is 74.6 Å². The number of aldehydes is 1. The van der Waals surface area contributed by atoms with Crippen molar-refractivity contribution in [3.05, 3.63) is 23.3 Å². The smallest absolute Gasteiger partial charge is 0.303 e. The molecule has 4 nitrogen and oxygen atoms in total. The van der Waals surface area contributed by atoms with E-state index in [0.29, 0.717) is 11.8 Å². The Labute approximate surface area is 130 Å². The average molecular weight is 304 g/mol. The van der Waals surface area contributed by atoms with E-state index in [-0.39, 0.29) is 18.4 Å². The number of aliphatic hydroxyl groups excluding tert-OH is 1. The molecular weight excluding hydrogens is 280 g/mol. The highest BCUT2D eigenvalue weighted by Crippen LogP contribution is 2.54. The summed E-state index contributed by atoms with van der Waals surface area (Å²) in [5.74, 6) is -0.264. The van der Waals surface area contributed by atoms with E-state index in [1.807, 2.05) is 13.0 Å². The fraction of sp³-hybridized carbons (Fsp3) is 0.667. The van der Waals surface area contributed by atoms with Crippen LogP contribution in [0.1, 0.15) is 45.4 Å². The molecule has 0 heterocycles. The first-order valence-corrected chi connectivity index (χ1v) is 8.21. The first-order valence-electron chi connectivity index (χ1n) is 8.21. The Morgan fingerprint density at radius 3 is 2.77 bits per heavy atom. The molecule has 120 valence electrons. The molecule has 2 fully saturated rings. The molecule has 0 saturated heterocycles. The minimum Gasteiger partial charge on any atom is -0.481 e. The number of carboxylic acid groups (broad SMARTS) is 1. The van der Waals surface area contributed by atoms with Crippen molar-refractivity contribution in [3.8, 4) is 0 Å². The van der Waals surface area contributed by atoms with Crippen molar-refractivity contribution < 1.29 is 19.8 Å². The molecular formula is C18H24O4. The standard InChI is InChI=1S/C18H24O4/c1-18(10-19)7-6-14-13-5-3-12(20)8-11(13)2-4-15(14)16(18)9-17(21)22/h2,4,10,12-14,16,20H,3,5-9H2,1H3,(H,21,22). The zero-order chi connectivity index (χ0) is 15.9. The van der Waals surface area contributed by atoms with Gasteiger partial charge in [-0.05, 0) is 43.9 Å². The van der Waals surface area contributed by atoms with Gasteiger partial charge >= 0.3 is 5.97 Å². The molecule has 4 heteroatoms. The number of hydrogen-bond acceptors (Lipinski definition) is 3. The lowest BCUT2D eigenvalue weighted by molar-refractivity contribution is -0.139. The van der Waals surface area contributed by atoms with Crippen LogP contribution >= 0.6 is 0 Å². The maximum Gasteiger partial charge on any atom is 0.303 e. The second kappa shape index (κ2) is 5.65. The Morgan fingerprint density at radius 2 is 2.09 bits per heavy atom. The van der Waals surface area contributed by atoms with Gasteiger partial charge in [-0.15, -0.1) is 0 Å². The highest BCUT2D eigenvalue weighted by Gasteiger charge is 2.47. The Bertz CT molecular complexity index is 547. The largest absolute Gasteiger partial charge is 0.481 e. The van der Waals surface area contributed by atoms with E-state index >= 15 is 0 Å². The fourth-order valence-corrected chi connectivity index (χ4v) is 4.72. The van der Waals surface area contributed by atoms with Gasteiger partial charge in [0.2, 0.25) is 0 Å². The van der Waals surface area contributed by atoms with Gasteiger partial charge in [0.15, 0.2) is 0 Å². The summed E-state index contributed by atoms with van der Waals surface area (Å²) < 4.78 is 0. The summed E-state index contributed by atoms with van der Waals surface area (Å²) in [7, 11) is 0. The Hall–Kier alpha value is -1.42. The summed E-state index contributed by atoms with van der Waals surface area (Å²) in [6.07, 6.45) is 9.08. The molecule has 5 unspecified atom stereocenters. The SMILES string of the molecule is CC1(C=O)CCC2C(=CC=C3CC(O)CCC32)C1CC(=O)O. The van der Waals surface area contributed by atoms with Crippen LogP contribution in [-0.4, -0.2) is 28.6 Å². The number of fused-ring (bicyclic) bond motifs is 3. The van der Waals surface area contributed by atoms with Gasteiger partial charge in [0.1, 0.15) is 6.29 Å². The number of aliphatic carboxylic acids is 1. The molecule has 22 heavy (non-hydrogen) atoms. The van der Waals surface area contributed by atoms with Crippen molar-refractivity contribution in [3.63, 3.8) is 0 Å². The second-order valence-electron chi connectivity index (χ2n) is 7.37. The molecule has 0 aromatic rings. The van der Waals surface area contributed by atoms with Gasteiger partial charge in [0.25, 0.3) is 0 Å². The number of hydrogen-bond donors (Lipinski definition) is 2. The van der Waals surface area contributed by atoms with Gasteiger partial charge in [-0.25, -0.2) is 0 Å². The number of rotatable bonds is 3. The molecule has 0 amide bonds. The van der Waals surface area contributed by atoms with Crippen LogP contribution in [0.15, 0.2) is 23.3 Å². The van der Waals surface area contributed by atoms with Crippen LogP contribution in [0.5, 0.6) is 0 Å². The van der Waals surface area contributed by atoms with Crippen molar-refractivity contribution in [2.75, 3.05) is 0 Å². The van der Waals surface area contributed by atoms with Gasteiger partial charge in [-0.1, -0.05) is 30.2 Å². The summed E-state index contributed by atoms with van der Waals surface area (Å²) in [4.78, 5) is 22.9. The third-order valence-corrected chi connectivity index (χ3v) is 6.00. The molecule has 0 bridgehead atoms. The zero-order valence-electron chi connectivity index (χ0n) is 13.0. The van der Waals surface area contributed by atoms with Gasteiger partial charge in [-0.3, -0.25) is 4.79 Å². The normalized spacial score (nSPS) is 40.8. The van der Waals surface area contributed by atoms with Gasteiger partial charge < -0.3 is 15.0 Å². The van der Waals surface area contributed by atoms with Crippen molar-refractivity contribution >= 4 is 12.3 Å². The fourth-order valence-electron chi connectivity index (χ4n) is 4.72. The van der Waals surface area contributed by atoms with Crippen molar-refractivity contribution in [2.24, 2.45) is 23.2 Å². The van der Waals surface area contributed by atoms with Crippen molar-refractivity contribution in [1.29, 1.82) is 0 Å². The van der Waals surface area contributed by atoms with E-state index in [1.165, 1.54) is 5.57 Å². The number of carboxylic acids is 1.